The third-order valence-corrected chi connectivity index (χ3v) is 9.85. The molecule has 0 bridgehead atoms. The number of nitrogens with one attached hydrogen (secondary N) is 1. The number of likely N-dealkylation sites (tertiary alicyclic amines) is 1. The molecule has 0 atom stereocenters. The van der Waals surface area contributed by atoms with Crippen molar-refractivity contribution in [2.75, 3.05) is 88.3 Å². The van der Waals surface area contributed by atoms with Crippen LogP contribution in [-0.2, 0) is 0 Å². The lowest BCUT2D eigenvalue weighted by atomic mass is 9.92. The van der Waals surface area contributed by atoms with Gasteiger partial charge in [-0.25, -0.2) is 9.97 Å². The molecule has 8 nitrogen and oxygen atoms in total. The van der Waals surface area contributed by atoms with Gasteiger partial charge in [0.15, 0.2) is 0 Å². The fraction of sp³-hybridized carbons (Fsp3) is 0.405. The zero-order valence-electron chi connectivity index (χ0n) is 26.2. The summed E-state index contributed by atoms with van der Waals surface area (Å²) in [5.41, 5.74) is 2.77. The third kappa shape index (κ3) is 7.20. The normalized spacial score (nSPS) is 20.3. The van der Waals surface area contributed by atoms with E-state index in [0.29, 0.717) is 12.1 Å². The van der Waals surface area contributed by atoms with Crippen LogP contribution in [0, 0.1) is 0 Å². The second-order valence-corrected chi connectivity index (χ2v) is 12.6. The van der Waals surface area contributed by atoms with Crippen molar-refractivity contribution in [1.29, 1.82) is 0 Å². The third-order valence-electron chi connectivity index (χ3n) is 9.85. The number of hydrogen-bond donors (Lipinski definition) is 1. The van der Waals surface area contributed by atoms with E-state index in [4.69, 9.17) is 0 Å². The summed E-state index contributed by atoms with van der Waals surface area (Å²) in [6, 6.07) is 36.0. The van der Waals surface area contributed by atoms with E-state index in [1.807, 2.05) is 24.5 Å². The van der Waals surface area contributed by atoms with Crippen molar-refractivity contribution in [3.8, 4) is 0 Å². The Bertz CT molecular complexity index is 1380. The van der Waals surface area contributed by atoms with Crippen LogP contribution in [0.3, 0.4) is 0 Å². The Morgan fingerprint density at radius 1 is 0.511 bits per heavy atom. The Morgan fingerprint density at radius 3 is 1.36 bits per heavy atom. The van der Waals surface area contributed by atoms with E-state index in [-0.39, 0.29) is 0 Å². The molecule has 0 aliphatic carbocycles. The molecule has 1 N–H and O–H groups in total. The fourth-order valence-corrected chi connectivity index (χ4v) is 7.06. The molecule has 2 aromatic heterocycles. The highest BCUT2D eigenvalue weighted by Crippen LogP contribution is 2.34. The number of rotatable bonds is 7. The summed E-state index contributed by atoms with van der Waals surface area (Å²) < 4.78 is 0. The maximum atomic E-state index is 4.51. The van der Waals surface area contributed by atoms with E-state index in [2.05, 4.69) is 125 Å². The molecule has 6 heterocycles. The van der Waals surface area contributed by atoms with Crippen molar-refractivity contribution in [1.82, 2.24) is 30.0 Å². The maximum Gasteiger partial charge on any atom is 0.128 e. The van der Waals surface area contributed by atoms with Crippen molar-refractivity contribution in [3.05, 3.63) is 121 Å². The molecule has 4 fully saturated rings. The lowest BCUT2D eigenvalue weighted by Crippen LogP contribution is -2.63. The Labute approximate surface area is 268 Å². The number of benzene rings is 2. The smallest absolute Gasteiger partial charge is 0.128 e. The number of pyridine rings is 2. The SMILES string of the molecule is c1ccc(C(c2ccccc2)N2CC(N3CCN(c4ccccn4)CC3)C2)cc1.c1ccc(N2CCN(C3CNC3)CC2)nc1. The lowest BCUT2D eigenvalue weighted by Gasteiger charge is -2.51. The molecule has 8 rings (SSSR count). The molecule has 0 unspecified atom stereocenters. The van der Waals surface area contributed by atoms with Crippen LogP contribution in [0.25, 0.3) is 0 Å². The highest BCUT2D eigenvalue weighted by molar-refractivity contribution is 5.39. The molecule has 4 aromatic rings. The summed E-state index contributed by atoms with van der Waals surface area (Å²) >= 11 is 0. The number of hydrogen-bond acceptors (Lipinski definition) is 8. The molecule has 8 heteroatoms. The average Bonchev–Trinajstić information content (AvgIpc) is 3.08. The van der Waals surface area contributed by atoms with Gasteiger partial charge in [0.1, 0.15) is 11.6 Å². The molecule has 0 radical (unpaired) electrons. The molecule has 0 amide bonds. The first-order valence-corrected chi connectivity index (χ1v) is 16.7. The molecule has 2 aromatic carbocycles. The molecular weight excluding hydrogens is 556 g/mol. The zero-order chi connectivity index (χ0) is 30.3. The second kappa shape index (κ2) is 14.5. The molecular formula is C37H46N8. The van der Waals surface area contributed by atoms with Crippen LogP contribution in [0.15, 0.2) is 109 Å². The van der Waals surface area contributed by atoms with Gasteiger partial charge >= 0.3 is 0 Å². The fourth-order valence-electron chi connectivity index (χ4n) is 7.06. The van der Waals surface area contributed by atoms with E-state index >= 15 is 0 Å². The standard InChI is InChI=1S/C25H28N4.C12H18N4/c1-3-9-21(10-4-1)25(22-11-5-2-6-12-22)29-19-23(20-29)27-15-17-28(18-16-27)24-13-7-8-14-26-24;1-2-4-14-12(3-1)16-7-5-15(6-8-16)11-9-13-10-11/h1-14,23,25H,15-20H2;1-4,11,13H,5-10H2. The van der Waals surface area contributed by atoms with E-state index in [9.17, 15) is 0 Å². The van der Waals surface area contributed by atoms with Gasteiger partial charge in [0.2, 0.25) is 0 Å². The van der Waals surface area contributed by atoms with Crippen LogP contribution in [0.1, 0.15) is 17.2 Å². The quantitative estimate of drug-likeness (QED) is 0.343. The Hall–Kier alpha value is -3.82. The van der Waals surface area contributed by atoms with Crippen molar-refractivity contribution < 1.29 is 0 Å². The van der Waals surface area contributed by atoms with Gasteiger partial charge in [0.05, 0.1) is 6.04 Å². The first-order chi connectivity index (χ1) is 22.3. The van der Waals surface area contributed by atoms with Crippen molar-refractivity contribution >= 4 is 11.6 Å². The molecule has 4 aliphatic rings. The largest absolute Gasteiger partial charge is 0.354 e. The summed E-state index contributed by atoms with van der Waals surface area (Å²) in [5.74, 6) is 2.23. The summed E-state index contributed by atoms with van der Waals surface area (Å²) in [7, 11) is 0. The Balaban J connectivity index is 0.000000171. The molecule has 45 heavy (non-hydrogen) atoms. The summed E-state index contributed by atoms with van der Waals surface area (Å²) in [6.45, 7) is 13.5. The van der Waals surface area contributed by atoms with Gasteiger partial charge < -0.3 is 15.1 Å². The van der Waals surface area contributed by atoms with E-state index in [0.717, 1.165) is 70.0 Å². The van der Waals surface area contributed by atoms with Gasteiger partial charge in [0, 0.05) is 103 Å². The summed E-state index contributed by atoms with van der Waals surface area (Å²) in [6.07, 6.45) is 3.76. The van der Waals surface area contributed by atoms with Crippen molar-refractivity contribution in [2.24, 2.45) is 0 Å². The van der Waals surface area contributed by atoms with Gasteiger partial charge in [-0.05, 0) is 35.4 Å². The van der Waals surface area contributed by atoms with Gasteiger partial charge in [-0.15, -0.1) is 0 Å². The second-order valence-electron chi connectivity index (χ2n) is 12.6. The minimum atomic E-state index is 0.350. The molecule has 0 spiro atoms. The van der Waals surface area contributed by atoms with Crippen molar-refractivity contribution in [3.63, 3.8) is 0 Å². The number of nitrogens with zero attached hydrogens (tertiary/aromatic N) is 7. The lowest BCUT2D eigenvalue weighted by molar-refractivity contribution is 0.0116. The van der Waals surface area contributed by atoms with Crippen LogP contribution < -0.4 is 15.1 Å². The van der Waals surface area contributed by atoms with Gasteiger partial charge in [0.25, 0.3) is 0 Å². The number of aromatic nitrogens is 2. The van der Waals surface area contributed by atoms with Crippen LogP contribution in [0.2, 0.25) is 0 Å². The molecule has 4 saturated heterocycles. The summed E-state index contributed by atoms with van der Waals surface area (Å²) in [4.78, 5) is 21.6. The topological polar surface area (TPSA) is 54.0 Å². The minimum Gasteiger partial charge on any atom is -0.354 e. The highest BCUT2D eigenvalue weighted by Gasteiger charge is 2.38. The van der Waals surface area contributed by atoms with Gasteiger partial charge in [-0.2, -0.15) is 0 Å². The number of piperazine rings is 2. The van der Waals surface area contributed by atoms with E-state index in [1.54, 1.807) is 0 Å². The first-order valence-electron chi connectivity index (χ1n) is 16.7. The van der Waals surface area contributed by atoms with E-state index in [1.165, 1.54) is 37.3 Å². The Morgan fingerprint density at radius 2 is 0.956 bits per heavy atom. The Kier molecular flexibility index (Phi) is 9.64. The zero-order valence-corrected chi connectivity index (χ0v) is 26.2. The molecule has 0 saturated carbocycles. The predicted octanol–water partition coefficient (Wildman–Crippen LogP) is 3.85. The minimum absolute atomic E-state index is 0.350. The first kappa shape index (κ1) is 29.9. The van der Waals surface area contributed by atoms with Gasteiger partial charge in [-0.3, -0.25) is 14.7 Å². The predicted molar refractivity (Wildman–Crippen MR) is 183 cm³/mol. The summed E-state index contributed by atoms with van der Waals surface area (Å²) in [5, 5.41) is 3.33. The maximum absolute atomic E-state index is 4.51. The monoisotopic (exact) mass is 602 g/mol. The van der Waals surface area contributed by atoms with Crippen LogP contribution >= 0.6 is 0 Å². The highest BCUT2D eigenvalue weighted by atomic mass is 15.4. The molecule has 234 valence electrons. The van der Waals surface area contributed by atoms with Crippen molar-refractivity contribution in [2.45, 2.75) is 18.1 Å². The molecule has 4 aliphatic heterocycles. The van der Waals surface area contributed by atoms with Crippen LogP contribution in [0.5, 0.6) is 0 Å². The number of anilines is 2. The van der Waals surface area contributed by atoms with E-state index < -0.39 is 0 Å². The van der Waals surface area contributed by atoms with Crippen LogP contribution in [-0.4, -0.2) is 115 Å². The van der Waals surface area contributed by atoms with Crippen LogP contribution in [0.4, 0.5) is 11.6 Å². The van der Waals surface area contributed by atoms with Gasteiger partial charge in [-0.1, -0.05) is 72.8 Å². The average molecular weight is 603 g/mol.